The zero-order valence-corrected chi connectivity index (χ0v) is 11.3. The molecule has 0 spiro atoms. The Hall–Kier alpha value is -1.14. The van der Waals surface area contributed by atoms with Gasteiger partial charge in [-0.3, -0.25) is 4.79 Å². The number of thioether (sulfide) groups is 1. The highest BCUT2D eigenvalue weighted by molar-refractivity contribution is 7.99. The molecule has 1 aromatic carbocycles. The molecule has 0 radical (unpaired) electrons. The van der Waals surface area contributed by atoms with Gasteiger partial charge in [0.25, 0.3) is 5.76 Å². The van der Waals surface area contributed by atoms with Gasteiger partial charge in [-0.2, -0.15) is 8.78 Å². The van der Waals surface area contributed by atoms with Crippen LogP contribution in [0.25, 0.3) is 0 Å². The number of alkyl halides is 2. The molecule has 0 bridgehead atoms. The van der Waals surface area contributed by atoms with Gasteiger partial charge in [-0.05, 0) is 43.1 Å². The van der Waals surface area contributed by atoms with Gasteiger partial charge >= 0.3 is 0 Å². The normalized spacial score (nSPS) is 22.7. The summed E-state index contributed by atoms with van der Waals surface area (Å²) < 4.78 is 24.3. The Morgan fingerprint density at radius 1 is 1.42 bits per heavy atom. The van der Waals surface area contributed by atoms with Gasteiger partial charge in [0.1, 0.15) is 0 Å². The molecule has 6 heteroatoms. The fourth-order valence-corrected chi connectivity index (χ4v) is 2.62. The molecular weight excluding hydrogens is 270 g/mol. The van der Waals surface area contributed by atoms with Gasteiger partial charge in [-0.1, -0.05) is 18.7 Å². The minimum Gasteiger partial charge on any atom is -0.325 e. The van der Waals surface area contributed by atoms with E-state index in [1.807, 2.05) is 6.92 Å². The zero-order valence-electron chi connectivity index (χ0n) is 10.5. The molecular formula is C13H16F2N2OS. The van der Waals surface area contributed by atoms with Crippen LogP contribution >= 0.6 is 11.8 Å². The van der Waals surface area contributed by atoms with Crippen molar-refractivity contribution in [3.05, 3.63) is 24.3 Å². The van der Waals surface area contributed by atoms with Crippen LogP contribution in [0.3, 0.4) is 0 Å². The van der Waals surface area contributed by atoms with Crippen LogP contribution in [0.2, 0.25) is 0 Å². The first kappa shape index (κ1) is 14.3. The van der Waals surface area contributed by atoms with E-state index in [4.69, 9.17) is 0 Å². The second-order valence-corrected chi connectivity index (χ2v) is 5.65. The molecule has 2 atom stereocenters. The molecule has 2 rings (SSSR count). The van der Waals surface area contributed by atoms with E-state index >= 15 is 0 Å². The van der Waals surface area contributed by atoms with Crippen LogP contribution in [0, 0.1) is 5.92 Å². The predicted octanol–water partition coefficient (Wildman–Crippen LogP) is 2.94. The number of carbonyl (C=O) groups is 1. The maximum Gasteiger partial charge on any atom is 0.288 e. The average molecular weight is 286 g/mol. The molecule has 1 saturated heterocycles. The van der Waals surface area contributed by atoms with Crippen molar-refractivity contribution in [3.8, 4) is 0 Å². The van der Waals surface area contributed by atoms with Gasteiger partial charge in [0, 0.05) is 10.6 Å². The summed E-state index contributed by atoms with van der Waals surface area (Å²) in [5, 5.41) is 5.95. The summed E-state index contributed by atoms with van der Waals surface area (Å²) in [5.41, 5.74) is 0.629. The van der Waals surface area contributed by atoms with Crippen molar-refractivity contribution in [2.24, 2.45) is 5.92 Å². The van der Waals surface area contributed by atoms with Crippen LogP contribution < -0.4 is 10.6 Å². The Morgan fingerprint density at radius 3 is 2.63 bits per heavy atom. The van der Waals surface area contributed by atoms with E-state index in [9.17, 15) is 13.6 Å². The first-order valence-electron chi connectivity index (χ1n) is 6.15. The van der Waals surface area contributed by atoms with Gasteiger partial charge in [-0.15, -0.1) is 0 Å². The minimum atomic E-state index is -2.43. The quantitative estimate of drug-likeness (QED) is 0.836. The molecule has 0 saturated carbocycles. The van der Waals surface area contributed by atoms with Crippen LogP contribution in [0.15, 0.2) is 29.2 Å². The molecule has 1 aliphatic heterocycles. The van der Waals surface area contributed by atoms with Gasteiger partial charge in [0.2, 0.25) is 5.91 Å². The van der Waals surface area contributed by atoms with Gasteiger partial charge < -0.3 is 10.6 Å². The van der Waals surface area contributed by atoms with Crippen LogP contribution in [-0.2, 0) is 4.79 Å². The third-order valence-electron chi connectivity index (χ3n) is 3.16. The molecule has 1 amide bonds. The van der Waals surface area contributed by atoms with E-state index in [-0.39, 0.29) is 11.9 Å². The van der Waals surface area contributed by atoms with Crippen molar-refractivity contribution >= 4 is 23.4 Å². The number of hydrogen-bond donors (Lipinski definition) is 2. The highest BCUT2D eigenvalue weighted by atomic mass is 32.2. The first-order valence-corrected chi connectivity index (χ1v) is 7.03. The van der Waals surface area contributed by atoms with E-state index in [2.05, 4.69) is 10.6 Å². The maximum absolute atomic E-state index is 12.2. The SMILES string of the molecule is CC1CCNC1C(=O)Nc1ccc(SC(F)F)cc1. The molecule has 1 aromatic rings. The number of amides is 1. The first-order chi connectivity index (χ1) is 9.06. The third-order valence-corrected chi connectivity index (χ3v) is 3.88. The molecule has 1 heterocycles. The number of nitrogens with one attached hydrogen (secondary N) is 2. The van der Waals surface area contributed by atoms with Crippen LogP contribution in [0.4, 0.5) is 14.5 Å². The lowest BCUT2D eigenvalue weighted by atomic mass is 10.0. The summed E-state index contributed by atoms with van der Waals surface area (Å²) in [6, 6.07) is 6.27. The molecule has 19 heavy (non-hydrogen) atoms. The number of carbonyl (C=O) groups excluding carboxylic acids is 1. The number of benzene rings is 1. The van der Waals surface area contributed by atoms with Crippen molar-refractivity contribution in [2.45, 2.75) is 30.0 Å². The second kappa shape index (κ2) is 6.34. The van der Waals surface area contributed by atoms with Crippen LogP contribution in [0.5, 0.6) is 0 Å². The number of rotatable bonds is 4. The lowest BCUT2D eigenvalue weighted by Gasteiger charge is -2.15. The monoisotopic (exact) mass is 286 g/mol. The lowest BCUT2D eigenvalue weighted by molar-refractivity contribution is -0.118. The molecule has 104 valence electrons. The maximum atomic E-state index is 12.2. The lowest BCUT2D eigenvalue weighted by Crippen LogP contribution is -2.39. The molecule has 0 aliphatic carbocycles. The van der Waals surface area contributed by atoms with Crippen molar-refractivity contribution in [1.82, 2.24) is 5.32 Å². The Balaban J connectivity index is 1.93. The van der Waals surface area contributed by atoms with Gasteiger partial charge in [0.05, 0.1) is 6.04 Å². The predicted molar refractivity (Wildman–Crippen MR) is 72.5 cm³/mol. The van der Waals surface area contributed by atoms with Crippen LogP contribution in [-0.4, -0.2) is 24.3 Å². The van der Waals surface area contributed by atoms with Gasteiger partial charge in [-0.25, -0.2) is 0 Å². The number of hydrogen-bond acceptors (Lipinski definition) is 3. The topological polar surface area (TPSA) is 41.1 Å². The highest BCUT2D eigenvalue weighted by Gasteiger charge is 2.29. The van der Waals surface area contributed by atoms with Crippen molar-refractivity contribution < 1.29 is 13.6 Å². The van der Waals surface area contributed by atoms with Crippen LogP contribution in [0.1, 0.15) is 13.3 Å². The zero-order chi connectivity index (χ0) is 13.8. The van der Waals surface area contributed by atoms with Crippen molar-refractivity contribution in [3.63, 3.8) is 0 Å². The van der Waals surface area contributed by atoms with E-state index in [1.165, 1.54) is 0 Å². The Labute approximate surface area is 115 Å². The standard InChI is InChI=1S/C13H16F2N2OS/c1-8-6-7-16-11(8)12(18)17-9-2-4-10(5-3-9)19-13(14)15/h2-5,8,11,13,16H,6-7H2,1H3,(H,17,18). The Morgan fingerprint density at radius 2 is 2.11 bits per heavy atom. The summed E-state index contributed by atoms with van der Waals surface area (Å²) in [4.78, 5) is 12.5. The van der Waals surface area contributed by atoms with E-state index in [0.29, 0.717) is 28.3 Å². The third kappa shape index (κ3) is 3.91. The average Bonchev–Trinajstić information content (AvgIpc) is 2.77. The Kier molecular flexibility index (Phi) is 4.76. The minimum absolute atomic E-state index is 0.0701. The fraction of sp³-hybridized carbons (Fsp3) is 0.462. The van der Waals surface area contributed by atoms with Crippen molar-refractivity contribution in [1.29, 1.82) is 0 Å². The fourth-order valence-electron chi connectivity index (χ4n) is 2.13. The summed E-state index contributed by atoms with van der Waals surface area (Å²) in [5.74, 6) is -2.18. The van der Waals surface area contributed by atoms with E-state index < -0.39 is 5.76 Å². The number of anilines is 1. The second-order valence-electron chi connectivity index (χ2n) is 4.59. The smallest absolute Gasteiger partial charge is 0.288 e. The highest BCUT2D eigenvalue weighted by Crippen LogP contribution is 2.26. The molecule has 2 unspecified atom stereocenters. The summed E-state index contributed by atoms with van der Waals surface area (Å²) in [6.45, 7) is 2.88. The van der Waals surface area contributed by atoms with E-state index in [0.717, 1.165) is 13.0 Å². The van der Waals surface area contributed by atoms with Crippen molar-refractivity contribution in [2.75, 3.05) is 11.9 Å². The van der Waals surface area contributed by atoms with Gasteiger partial charge in [0.15, 0.2) is 0 Å². The number of halogens is 2. The molecule has 1 fully saturated rings. The van der Waals surface area contributed by atoms with E-state index in [1.54, 1.807) is 24.3 Å². The summed E-state index contributed by atoms with van der Waals surface area (Å²) in [7, 11) is 0. The summed E-state index contributed by atoms with van der Waals surface area (Å²) in [6.07, 6.45) is 0.988. The molecule has 3 nitrogen and oxygen atoms in total. The Bertz CT molecular complexity index is 439. The molecule has 1 aliphatic rings. The summed E-state index contributed by atoms with van der Waals surface area (Å²) >= 11 is 0.493. The molecule has 0 aromatic heterocycles. The largest absolute Gasteiger partial charge is 0.325 e. The molecule has 2 N–H and O–H groups in total.